The Bertz CT molecular complexity index is 6000. The third-order valence-corrected chi connectivity index (χ3v) is 20.0. The predicted molar refractivity (Wildman–Crippen MR) is 459 cm³/mol. The SMILES string of the molecule is C.CCOC(=O)Cc1c(C(=O)O)nn(-c2ccccc2Cl)c1-c1ccc(Cl)cc1.C[C@H](c1ccc(C(F)(F)F)cc1)N(C)C(=O)c1nn(-c2ccccc2Cl)c(-c2ccc(Cl)cc2)c1CC(=O)O.F.FF.O=C(O)Cc1c(C(=O)O)nn(-c2ccccc2Cl)c1-c1ccc(Cl)cc1.[B].[C-]#[N+]Cc1c(C(=O)O)nn(-c2ccccc2Cl)c1-c1ccc(Cl)cc1. The van der Waals surface area contributed by atoms with E-state index in [1.165, 1.54) is 42.8 Å². The minimum Gasteiger partial charge on any atom is -0.481 e. The Hall–Kier alpha value is -12.4. The highest BCUT2D eigenvalue weighted by Crippen LogP contribution is 2.40. The summed E-state index contributed by atoms with van der Waals surface area (Å²) >= 11 is 49.2. The van der Waals surface area contributed by atoms with Crippen molar-refractivity contribution in [2.45, 2.75) is 59.3 Å². The quantitative estimate of drug-likeness (QED) is 0.0182. The van der Waals surface area contributed by atoms with Crippen molar-refractivity contribution in [1.82, 2.24) is 44.0 Å². The van der Waals surface area contributed by atoms with E-state index in [0.29, 0.717) is 119 Å². The molecule has 23 nitrogen and oxygen atoms in total. The lowest BCUT2D eigenvalue weighted by molar-refractivity contribution is -0.142. The van der Waals surface area contributed by atoms with Crippen LogP contribution < -0.4 is 0 Å². The molecule has 0 spiro atoms. The predicted octanol–water partition coefficient (Wildman–Crippen LogP) is 22.4. The molecule has 13 rings (SSSR count). The first-order valence-electron chi connectivity index (χ1n) is 34.9. The zero-order chi connectivity index (χ0) is 87.6. The molecular weight excluding hydrogens is 1780 g/mol. The zero-order valence-corrected chi connectivity index (χ0v) is 69.3. The van der Waals surface area contributed by atoms with Crippen molar-refractivity contribution < 1.29 is 90.9 Å². The van der Waals surface area contributed by atoms with Crippen LogP contribution in [-0.4, -0.2) is 133 Å². The first kappa shape index (κ1) is 99.4. The number of aromatic carboxylic acids is 3. The van der Waals surface area contributed by atoms with Gasteiger partial charge in [0.25, 0.3) is 5.91 Å². The maximum atomic E-state index is 13.8. The van der Waals surface area contributed by atoms with Crippen molar-refractivity contribution in [3.63, 3.8) is 0 Å². The molecule has 123 heavy (non-hydrogen) atoms. The average molecular weight is 1840 g/mol. The standard InChI is InChI=1S/C28H22Cl2F3N3O3.C20H16Cl2N2O4.C18H11Cl2N3O2.C18H12Cl2N2O4.CH4.B.F2.FH/c1-16(17-7-11-19(12-8-17)28(31,32)33)35(2)27(39)25-21(15-24(37)38)26(18-9-13-20(29)14-10-18)36(34-25)23-6-4-3-5-22(23)30;1-2-28-17(25)11-14-18(20(26)27)23-24(16-6-4-3-5-15(16)22)19(14)12-7-9-13(21)10-8-12;1-21-10-13-16(18(24)25)22-23(15-5-3-2-4-14(15)20)17(13)11-6-8-12(19)9-7-11;19-11-7-5-10(6-8-11)17-12(9-15(23)24)16(18(25)26)21-22(17)14-4-2-1-3-13(14)20;;;1-2;/h3-14,16H,15H2,1-2H3,(H,37,38);3-10H,2,11H2,1H3,(H,26,27);2-9H,10H2,(H,24,25);1-8H,9H2,(H,23,24)(H,25,26);1H4;;;1H/t16-;;;;;;;/m1......./s1. The normalized spacial score (nSPS) is 10.8. The molecule has 0 aliphatic heterocycles. The molecule has 0 bridgehead atoms. The maximum Gasteiger partial charge on any atom is 0.416 e. The van der Waals surface area contributed by atoms with Crippen molar-refractivity contribution >= 4 is 143 Å². The van der Waals surface area contributed by atoms with Gasteiger partial charge in [-0.3, -0.25) is 23.9 Å². The molecule has 0 saturated heterocycles. The minimum absolute atomic E-state index is 0. The highest BCUT2D eigenvalue weighted by molar-refractivity contribution is 6.34. The summed E-state index contributed by atoms with van der Waals surface area (Å²) in [5.74, 6) is -7.27. The number of aliphatic carboxylic acids is 2. The van der Waals surface area contributed by atoms with Crippen LogP contribution in [0.1, 0.15) is 103 Å². The summed E-state index contributed by atoms with van der Waals surface area (Å²) in [6.07, 6.45) is -5.74. The number of carboxylic acids is 5. The highest BCUT2D eigenvalue weighted by atomic mass is 35.5. The van der Waals surface area contributed by atoms with Crippen molar-refractivity contribution in [3.8, 4) is 67.8 Å². The van der Waals surface area contributed by atoms with Crippen LogP contribution in [-0.2, 0) is 51.1 Å². The summed E-state index contributed by atoms with van der Waals surface area (Å²) < 4.78 is 65.7. The second kappa shape index (κ2) is 44.9. The average Bonchev–Trinajstić information content (AvgIpc) is 1.60. The number of esters is 1. The Labute approximate surface area is 739 Å². The Morgan fingerprint density at radius 2 is 0.707 bits per heavy atom. The van der Waals surface area contributed by atoms with Gasteiger partial charge in [0.05, 0.1) is 109 Å². The Balaban J connectivity index is 0.000000254. The summed E-state index contributed by atoms with van der Waals surface area (Å²) in [4.78, 5) is 89.0. The number of carboxylic acid groups (broad SMARTS) is 5. The fraction of sp³-hybridized carbons (Fsp3) is 0.129. The van der Waals surface area contributed by atoms with Crippen molar-refractivity contribution in [2.24, 2.45) is 0 Å². The van der Waals surface area contributed by atoms with Gasteiger partial charge in [0.1, 0.15) is 0 Å². The molecule has 13 aromatic rings. The van der Waals surface area contributed by atoms with Gasteiger partial charge in [-0.25, -0.2) is 39.7 Å². The molecule has 0 aliphatic carbocycles. The molecule has 0 aliphatic rings. The largest absolute Gasteiger partial charge is 0.481 e. The van der Waals surface area contributed by atoms with E-state index in [0.717, 1.165) is 12.1 Å². The second-order valence-corrected chi connectivity index (χ2v) is 28.6. The first-order chi connectivity index (χ1) is 57.2. The highest BCUT2D eigenvalue weighted by Gasteiger charge is 2.35. The van der Waals surface area contributed by atoms with Crippen LogP contribution in [0.25, 0.3) is 72.6 Å². The van der Waals surface area contributed by atoms with Crippen LogP contribution in [0.2, 0.25) is 40.2 Å². The van der Waals surface area contributed by atoms with Gasteiger partial charge >= 0.3 is 42.0 Å². The van der Waals surface area contributed by atoms with Crippen molar-refractivity contribution in [1.29, 1.82) is 0 Å². The smallest absolute Gasteiger partial charge is 0.416 e. The van der Waals surface area contributed by atoms with Gasteiger partial charge in [0.15, 0.2) is 22.8 Å². The molecule has 4 heterocycles. The third-order valence-electron chi connectivity index (χ3n) is 17.7. The third kappa shape index (κ3) is 24.1. The molecule has 9 aromatic carbocycles. The lowest BCUT2D eigenvalue weighted by atomic mass is 10.0. The summed E-state index contributed by atoms with van der Waals surface area (Å²) in [7, 11) is 1.48. The molecule has 3 radical (unpaired) electrons. The molecule has 0 saturated carbocycles. The van der Waals surface area contributed by atoms with Crippen LogP contribution in [0, 0.1) is 6.57 Å². The van der Waals surface area contributed by atoms with E-state index < -0.39 is 72.3 Å². The Morgan fingerprint density at radius 1 is 0.439 bits per heavy atom. The molecule has 4 aromatic heterocycles. The van der Waals surface area contributed by atoms with E-state index >= 15 is 0 Å². The number of hydrogen-bond acceptors (Lipinski definition) is 12. The number of carbonyl (C=O) groups is 7. The fourth-order valence-electron chi connectivity index (χ4n) is 12.2. The van der Waals surface area contributed by atoms with Crippen LogP contribution in [0.5, 0.6) is 0 Å². The number of benzene rings is 9. The number of amides is 1. The Morgan fingerprint density at radius 3 is 0.976 bits per heavy atom. The van der Waals surface area contributed by atoms with E-state index in [1.54, 1.807) is 208 Å². The Kier molecular flexibility index (Phi) is 36.3. The molecule has 0 unspecified atom stereocenters. The number of rotatable bonds is 22. The summed E-state index contributed by atoms with van der Waals surface area (Å²) in [6.45, 7) is 10.6. The molecule has 5 N–H and O–H groups in total. The number of alkyl halides is 3. The number of nitrogens with zero attached hydrogens (tertiary/aromatic N) is 10. The minimum atomic E-state index is -4.49. The van der Waals surface area contributed by atoms with Crippen molar-refractivity contribution in [3.05, 3.63) is 326 Å². The van der Waals surface area contributed by atoms with E-state index in [1.807, 2.05) is 0 Å². The number of para-hydroxylation sites is 4. The molecule has 1 amide bonds. The van der Waals surface area contributed by atoms with Crippen LogP contribution in [0.4, 0.5) is 27.0 Å². The van der Waals surface area contributed by atoms with Gasteiger partial charge in [-0.15, -0.1) is 0 Å². The fourth-order valence-corrected chi connectivity index (χ4v) is 13.6. The van der Waals surface area contributed by atoms with Gasteiger partial charge < -0.3 is 40.0 Å². The van der Waals surface area contributed by atoms with E-state index in [9.17, 15) is 72.3 Å². The summed E-state index contributed by atoms with van der Waals surface area (Å²) in [5, 5.41) is 68.3. The lowest BCUT2D eigenvalue weighted by Gasteiger charge is -2.25. The van der Waals surface area contributed by atoms with Crippen molar-refractivity contribution in [2.75, 3.05) is 13.7 Å². The summed E-state index contributed by atoms with van der Waals surface area (Å²) in [6, 6.07) is 58.2. The second-order valence-electron chi connectivity index (χ2n) is 25.2. The van der Waals surface area contributed by atoms with Gasteiger partial charge in [-0.2, -0.15) is 33.6 Å². The zero-order valence-electron chi connectivity index (χ0n) is 63.3. The number of carbonyl (C=O) groups excluding carboxylic acids is 2. The number of ether oxygens (including phenoxy) is 1. The van der Waals surface area contributed by atoms with Gasteiger partial charge in [0, 0.05) is 83.6 Å². The summed E-state index contributed by atoms with van der Waals surface area (Å²) in [5.41, 5.74) is 5.63. The molecule has 635 valence electrons. The van der Waals surface area contributed by atoms with Crippen LogP contribution in [0.15, 0.2) is 218 Å². The number of aromatic nitrogens is 8. The van der Waals surface area contributed by atoms with Gasteiger partial charge in [-0.1, -0.05) is 209 Å². The van der Waals surface area contributed by atoms with Crippen LogP contribution in [0.3, 0.4) is 0 Å². The first-order valence-corrected chi connectivity index (χ1v) is 38.0. The van der Waals surface area contributed by atoms with E-state index in [-0.39, 0.29) is 79.6 Å². The maximum absolute atomic E-state index is 13.8. The molecule has 38 heteroatoms. The van der Waals surface area contributed by atoms with Gasteiger partial charge in [0.2, 0.25) is 6.54 Å². The van der Waals surface area contributed by atoms with Gasteiger partial charge in [-0.05, 0) is 129 Å². The number of hydrogen-bond donors (Lipinski definition) is 5. The van der Waals surface area contributed by atoms with Crippen LogP contribution >= 0.6 is 92.8 Å². The lowest BCUT2D eigenvalue weighted by Crippen LogP contribution is -2.31. The van der Waals surface area contributed by atoms with E-state index in [2.05, 4.69) is 25.2 Å². The molecular formula is C85H66BCl8F6N10O13. The van der Waals surface area contributed by atoms with E-state index in [4.69, 9.17) is 113 Å². The molecule has 0 fully saturated rings. The monoisotopic (exact) mass is 1840 g/mol. The topological polar surface area (TPSA) is 309 Å². The number of halogens is 14. The molecule has 1 atom stereocenters.